The summed E-state index contributed by atoms with van der Waals surface area (Å²) in [7, 11) is 0. The lowest BCUT2D eigenvalue weighted by atomic mass is 10.1. The minimum absolute atomic E-state index is 0.423. The number of hydrogen-bond donors (Lipinski definition) is 1. The number of nitrogens with one attached hydrogen (secondary N) is 1. The Morgan fingerprint density at radius 3 is 2.41 bits per heavy atom. The van der Waals surface area contributed by atoms with Crippen LogP contribution in [-0.2, 0) is 13.2 Å². The smallest absolute Gasteiger partial charge is 0.119 e. The van der Waals surface area contributed by atoms with Gasteiger partial charge in [0, 0.05) is 12.1 Å². The predicted molar refractivity (Wildman–Crippen MR) is 117 cm³/mol. The summed E-state index contributed by atoms with van der Waals surface area (Å²) in [6.45, 7) is 3.21. The summed E-state index contributed by atoms with van der Waals surface area (Å²) in [5, 5.41) is 4.36. The van der Waals surface area contributed by atoms with E-state index < -0.39 is 0 Å². The molecule has 0 heterocycles. The molecule has 0 radical (unpaired) electrons. The van der Waals surface area contributed by atoms with Crippen LogP contribution in [0.5, 0.6) is 5.75 Å². The minimum Gasteiger partial charge on any atom is -0.489 e. The average molecular weight is 416 g/mol. The van der Waals surface area contributed by atoms with E-state index in [9.17, 15) is 0 Å². The van der Waals surface area contributed by atoms with Crippen molar-refractivity contribution < 1.29 is 4.74 Å². The van der Waals surface area contributed by atoms with Gasteiger partial charge in [-0.15, -0.1) is 0 Å². The van der Waals surface area contributed by atoms with E-state index in [4.69, 9.17) is 40.2 Å². The van der Waals surface area contributed by atoms with E-state index in [0.29, 0.717) is 28.2 Å². The second-order valence-corrected chi connectivity index (χ2v) is 7.46. The highest BCUT2D eigenvalue weighted by molar-refractivity contribution is 7.80. The third-order valence-corrected chi connectivity index (χ3v) is 5.16. The number of rotatable bonds is 6. The Labute approximate surface area is 175 Å². The predicted octanol–water partition coefficient (Wildman–Crippen LogP) is 6.35. The number of aryl methyl sites for hydroxylation is 1. The van der Waals surface area contributed by atoms with Gasteiger partial charge in [-0.2, -0.15) is 0 Å². The molecule has 0 unspecified atom stereocenters. The summed E-state index contributed by atoms with van der Waals surface area (Å²) >= 11 is 17.4. The fourth-order valence-corrected chi connectivity index (χ4v) is 3.13. The molecule has 3 aromatic rings. The molecule has 3 rings (SSSR count). The van der Waals surface area contributed by atoms with Gasteiger partial charge in [-0.3, -0.25) is 0 Å². The normalized spacial score (nSPS) is 10.5. The first-order valence-electron chi connectivity index (χ1n) is 8.52. The molecule has 27 heavy (non-hydrogen) atoms. The molecule has 1 N–H and O–H groups in total. The van der Waals surface area contributed by atoms with Crippen molar-refractivity contribution in [1.82, 2.24) is 5.32 Å². The number of halogens is 2. The second-order valence-electron chi connectivity index (χ2n) is 6.23. The molecule has 3 aromatic carbocycles. The van der Waals surface area contributed by atoms with E-state index in [2.05, 4.69) is 36.5 Å². The van der Waals surface area contributed by atoms with Gasteiger partial charge in [0.2, 0.25) is 0 Å². The number of thiocarbonyl (C=S) groups is 1. The zero-order valence-corrected chi connectivity index (χ0v) is 17.2. The highest BCUT2D eigenvalue weighted by Gasteiger charge is 2.04. The lowest BCUT2D eigenvalue weighted by Gasteiger charge is -2.11. The Morgan fingerprint density at radius 1 is 0.926 bits per heavy atom. The maximum atomic E-state index is 6.02. The van der Waals surface area contributed by atoms with Crippen molar-refractivity contribution in [3.05, 3.63) is 99.0 Å². The average Bonchev–Trinajstić information content (AvgIpc) is 2.67. The molecule has 0 amide bonds. The Kier molecular flexibility index (Phi) is 6.73. The van der Waals surface area contributed by atoms with Gasteiger partial charge in [0.05, 0.1) is 10.0 Å². The quantitative estimate of drug-likeness (QED) is 0.474. The van der Waals surface area contributed by atoms with E-state index in [1.165, 1.54) is 11.1 Å². The standard InChI is InChI=1S/C22H19Cl2NOS/c1-15-3-2-4-16(11-15)13-25-22(27)18-6-8-19(9-7-18)26-14-17-5-10-20(23)21(24)12-17/h2-12H,13-14H2,1H3,(H,25,27). The van der Waals surface area contributed by atoms with Crippen molar-refractivity contribution in [3.8, 4) is 5.75 Å². The Hall–Kier alpha value is -2.07. The van der Waals surface area contributed by atoms with Gasteiger partial charge in [-0.25, -0.2) is 0 Å². The molecule has 0 saturated carbocycles. The first-order valence-corrected chi connectivity index (χ1v) is 9.68. The van der Waals surface area contributed by atoms with Gasteiger partial charge in [0.15, 0.2) is 0 Å². The van der Waals surface area contributed by atoms with Gasteiger partial charge in [-0.05, 0) is 54.4 Å². The second kappa shape index (κ2) is 9.23. The highest BCUT2D eigenvalue weighted by Crippen LogP contribution is 2.23. The number of hydrogen-bond acceptors (Lipinski definition) is 2. The molecular formula is C22H19Cl2NOS. The summed E-state index contributed by atoms with van der Waals surface area (Å²) in [6, 6.07) is 21.6. The zero-order valence-electron chi connectivity index (χ0n) is 14.8. The highest BCUT2D eigenvalue weighted by atomic mass is 35.5. The summed E-state index contributed by atoms with van der Waals surface area (Å²) in [4.78, 5) is 0.715. The van der Waals surface area contributed by atoms with Crippen LogP contribution in [-0.4, -0.2) is 4.99 Å². The Morgan fingerprint density at radius 2 is 1.70 bits per heavy atom. The molecule has 0 atom stereocenters. The molecule has 0 aromatic heterocycles. The van der Waals surface area contributed by atoms with Crippen LogP contribution in [0.1, 0.15) is 22.3 Å². The molecule has 0 spiro atoms. The van der Waals surface area contributed by atoms with Crippen molar-refractivity contribution in [3.63, 3.8) is 0 Å². The van der Waals surface area contributed by atoms with Crippen LogP contribution in [0.4, 0.5) is 0 Å². The fourth-order valence-electron chi connectivity index (χ4n) is 2.61. The fraction of sp³-hybridized carbons (Fsp3) is 0.136. The van der Waals surface area contributed by atoms with Crippen LogP contribution in [0.2, 0.25) is 10.0 Å². The van der Waals surface area contributed by atoms with Gasteiger partial charge in [-0.1, -0.05) is 71.3 Å². The SMILES string of the molecule is Cc1cccc(CNC(=S)c2ccc(OCc3ccc(Cl)c(Cl)c3)cc2)c1. The summed E-state index contributed by atoms with van der Waals surface area (Å²) in [5.41, 5.74) is 4.37. The van der Waals surface area contributed by atoms with Crippen molar-refractivity contribution in [2.45, 2.75) is 20.1 Å². The van der Waals surface area contributed by atoms with Gasteiger partial charge in [0.1, 0.15) is 17.3 Å². The molecule has 0 aliphatic rings. The van der Waals surface area contributed by atoms with Crippen molar-refractivity contribution in [2.24, 2.45) is 0 Å². The van der Waals surface area contributed by atoms with Crippen LogP contribution in [0, 0.1) is 6.92 Å². The van der Waals surface area contributed by atoms with Gasteiger partial charge < -0.3 is 10.1 Å². The Balaban J connectivity index is 1.54. The molecule has 2 nitrogen and oxygen atoms in total. The maximum absolute atomic E-state index is 6.02. The van der Waals surface area contributed by atoms with Gasteiger partial charge in [0.25, 0.3) is 0 Å². The van der Waals surface area contributed by atoms with Crippen molar-refractivity contribution in [1.29, 1.82) is 0 Å². The van der Waals surface area contributed by atoms with Crippen LogP contribution in [0.15, 0.2) is 66.7 Å². The third-order valence-electron chi connectivity index (χ3n) is 4.04. The van der Waals surface area contributed by atoms with E-state index in [1.807, 2.05) is 36.4 Å². The molecule has 0 saturated heterocycles. The zero-order chi connectivity index (χ0) is 19.2. The molecule has 0 aliphatic carbocycles. The van der Waals surface area contributed by atoms with Crippen LogP contribution in [0.3, 0.4) is 0 Å². The maximum Gasteiger partial charge on any atom is 0.119 e. The van der Waals surface area contributed by atoms with Crippen molar-refractivity contribution >= 4 is 40.4 Å². The lowest BCUT2D eigenvalue weighted by molar-refractivity contribution is 0.306. The topological polar surface area (TPSA) is 21.3 Å². The molecular weight excluding hydrogens is 397 g/mol. The Bertz CT molecular complexity index is 941. The summed E-state index contributed by atoms with van der Waals surface area (Å²) in [6.07, 6.45) is 0. The molecule has 5 heteroatoms. The molecule has 0 fully saturated rings. The van der Waals surface area contributed by atoms with E-state index in [-0.39, 0.29) is 0 Å². The number of benzene rings is 3. The molecule has 0 aliphatic heterocycles. The van der Waals surface area contributed by atoms with Crippen LogP contribution >= 0.6 is 35.4 Å². The van der Waals surface area contributed by atoms with Gasteiger partial charge >= 0.3 is 0 Å². The lowest BCUT2D eigenvalue weighted by Crippen LogP contribution is -2.21. The first-order chi connectivity index (χ1) is 13.0. The number of ether oxygens (including phenoxy) is 1. The van der Waals surface area contributed by atoms with Crippen molar-refractivity contribution in [2.75, 3.05) is 0 Å². The first kappa shape index (κ1) is 19.7. The van der Waals surface area contributed by atoms with E-state index >= 15 is 0 Å². The largest absolute Gasteiger partial charge is 0.489 e. The van der Waals surface area contributed by atoms with Crippen LogP contribution in [0.25, 0.3) is 0 Å². The monoisotopic (exact) mass is 415 g/mol. The third kappa shape index (κ3) is 5.70. The summed E-state index contributed by atoms with van der Waals surface area (Å²) < 4.78 is 5.80. The molecule has 138 valence electrons. The van der Waals surface area contributed by atoms with E-state index in [0.717, 1.165) is 16.9 Å². The molecule has 0 bridgehead atoms. The summed E-state index contributed by atoms with van der Waals surface area (Å²) in [5.74, 6) is 0.770. The minimum atomic E-state index is 0.423. The van der Waals surface area contributed by atoms with E-state index in [1.54, 1.807) is 6.07 Å². The van der Waals surface area contributed by atoms with Crippen LogP contribution < -0.4 is 10.1 Å².